The Balaban J connectivity index is 1.86. The Morgan fingerprint density at radius 2 is 1.67 bits per heavy atom. The number of fused-ring (bicyclic) bond motifs is 1. The molecular weight excluding hydrogens is 480 g/mol. The highest BCUT2D eigenvalue weighted by Crippen LogP contribution is 2.35. The number of halogens is 2. The minimum atomic E-state index is -0.426. The lowest BCUT2D eigenvalue weighted by Gasteiger charge is -2.15. The fourth-order valence-electron chi connectivity index (χ4n) is 2.80. The molecule has 0 aromatic heterocycles. The summed E-state index contributed by atoms with van der Waals surface area (Å²) in [6.07, 6.45) is 0. The van der Waals surface area contributed by atoms with Crippen molar-refractivity contribution in [3.8, 4) is 5.75 Å². The number of phenolic OH excluding ortho intramolecular Hbond substituents is 1. The second-order valence-corrected chi connectivity index (χ2v) is 8.33. The second-order valence-electron chi connectivity index (χ2n) is 6.62. The van der Waals surface area contributed by atoms with Crippen LogP contribution in [0.1, 0.15) is 44.9 Å². The molecule has 0 fully saturated rings. The molecule has 140 valence electrons. The number of aromatic hydroxyl groups is 1. The van der Waals surface area contributed by atoms with E-state index in [1.165, 1.54) is 23.1 Å². The quantitative estimate of drug-likeness (QED) is 0.485. The first-order valence-electron chi connectivity index (χ1n) is 8.18. The summed E-state index contributed by atoms with van der Waals surface area (Å²) >= 11 is 6.41. The van der Waals surface area contributed by atoms with Gasteiger partial charge in [0, 0.05) is 17.8 Å². The summed E-state index contributed by atoms with van der Waals surface area (Å²) in [5, 5.41) is 12.5. The van der Waals surface area contributed by atoms with Crippen molar-refractivity contribution in [3.63, 3.8) is 0 Å². The molecule has 0 unspecified atom stereocenters. The molecule has 0 atom stereocenters. The number of hydrogen-bond donors (Lipinski definition) is 2. The minimum Gasteiger partial charge on any atom is -0.506 e. The highest BCUT2D eigenvalue weighted by atomic mass is 79.9. The Hall–Kier alpha value is -2.19. The number of carbonyl (C=O) groups excluding carboxylic acids is 3. The molecule has 0 bridgehead atoms. The van der Waals surface area contributed by atoms with Crippen LogP contribution in [0.5, 0.6) is 5.75 Å². The van der Waals surface area contributed by atoms with Gasteiger partial charge in [-0.05, 0) is 68.1 Å². The van der Waals surface area contributed by atoms with Crippen molar-refractivity contribution >= 4 is 55.3 Å². The molecule has 0 saturated heterocycles. The molecule has 0 saturated carbocycles. The van der Waals surface area contributed by atoms with Crippen LogP contribution in [0.2, 0.25) is 0 Å². The van der Waals surface area contributed by atoms with Gasteiger partial charge in [0.1, 0.15) is 5.75 Å². The predicted octanol–water partition coefficient (Wildman–Crippen LogP) is 4.42. The van der Waals surface area contributed by atoms with Gasteiger partial charge in [0.05, 0.1) is 20.1 Å². The third kappa shape index (κ3) is 3.77. The van der Waals surface area contributed by atoms with Gasteiger partial charge in [-0.1, -0.05) is 13.8 Å². The van der Waals surface area contributed by atoms with Crippen LogP contribution in [0, 0.1) is 5.92 Å². The van der Waals surface area contributed by atoms with E-state index in [9.17, 15) is 19.5 Å². The van der Waals surface area contributed by atoms with Gasteiger partial charge in [0.15, 0.2) is 0 Å². The fourth-order valence-corrected chi connectivity index (χ4v) is 3.99. The van der Waals surface area contributed by atoms with Crippen molar-refractivity contribution in [1.82, 2.24) is 4.90 Å². The third-order valence-corrected chi connectivity index (χ3v) is 5.26. The van der Waals surface area contributed by atoms with E-state index in [0.29, 0.717) is 26.7 Å². The Morgan fingerprint density at radius 3 is 2.26 bits per heavy atom. The third-order valence-electron chi connectivity index (χ3n) is 4.06. The van der Waals surface area contributed by atoms with Gasteiger partial charge in [0.2, 0.25) is 0 Å². The summed E-state index contributed by atoms with van der Waals surface area (Å²) in [6.45, 7) is 4.19. The van der Waals surface area contributed by atoms with Crippen LogP contribution in [-0.4, -0.2) is 34.3 Å². The lowest BCUT2D eigenvalue weighted by molar-refractivity contribution is 0.0636. The van der Waals surface area contributed by atoms with E-state index in [1.54, 1.807) is 12.1 Å². The monoisotopic (exact) mass is 494 g/mol. The molecule has 0 spiro atoms. The second kappa shape index (κ2) is 7.44. The lowest BCUT2D eigenvalue weighted by Crippen LogP contribution is -2.33. The summed E-state index contributed by atoms with van der Waals surface area (Å²) in [4.78, 5) is 38.7. The molecule has 0 aliphatic carbocycles. The number of nitrogens with zero attached hydrogens (tertiary/aromatic N) is 1. The van der Waals surface area contributed by atoms with Crippen molar-refractivity contribution in [2.24, 2.45) is 5.92 Å². The molecule has 8 heteroatoms. The van der Waals surface area contributed by atoms with E-state index in [0.717, 1.165) is 0 Å². The first kappa shape index (κ1) is 19.6. The molecule has 2 N–H and O–H groups in total. The number of rotatable bonds is 4. The summed E-state index contributed by atoms with van der Waals surface area (Å²) < 4.78 is 0.845. The highest BCUT2D eigenvalue weighted by molar-refractivity contribution is 9.11. The molecule has 0 radical (unpaired) electrons. The Kier molecular flexibility index (Phi) is 5.39. The molecule has 27 heavy (non-hydrogen) atoms. The van der Waals surface area contributed by atoms with Crippen LogP contribution >= 0.6 is 31.9 Å². The number of imide groups is 1. The zero-order valence-electron chi connectivity index (χ0n) is 14.5. The van der Waals surface area contributed by atoms with Gasteiger partial charge < -0.3 is 10.4 Å². The molecule has 1 aliphatic heterocycles. The number of nitrogens with one attached hydrogen (secondary N) is 1. The SMILES string of the molecule is CC(C)CN1C(=O)c2ccc(C(=O)Nc3cc(Br)c(O)c(Br)c3)cc2C1=O. The Bertz CT molecular complexity index is 949. The van der Waals surface area contributed by atoms with Crippen molar-refractivity contribution in [3.05, 3.63) is 56.0 Å². The van der Waals surface area contributed by atoms with Crippen molar-refractivity contribution in [2.45, 2.75) is 13.8 Å². The Morgan fingerprint density at radius 1 is 1.07 bits per heavy atom. The van der Waals surface area contributed by atoms with Gasteiger partial charge in [0.25, 0.3) is 17.7 Å². The van der Waals surface area contributed by atoms with Crippen LogP contribution in [0.4, 0.5) is 5.69 Å². The fraction of sp³-hybridized carbons (Fsp3) is 0.211. The molecule has 1 heterocycles. The lowest BCUT2D eigenvalue weighted by atomic mass is 10.1. The molecular formula is C19H16Br2N2O4. The van der Waals surface area contributed by atoms with Gasteiger partial charge in [-0.2, -0.15) is 0 Å². The molecule has 6 nitrogen and oxygen atoms in total. The minimum absolute atomic E-state index is 0.0277. The van der Waals surface area contributed by atoms with E-state index in [4.69, 9.17) is 0 Å². The highest BCUT2D eigenvalue weighted by Gasteiger charge is 2.36. The zero-order chi connectivity index (χ0) is 19.9. The van der Waals surface area contributed by atoms with E-state index >= 15 is 0 Å². The molecule has 3 amide bonds. The topological polar surface area (TPSA) is 86.7 Å². The van der Waals surface area contributed by atoms with Crippen molar-refractivity contribution in [2.75, 3.05) is 11.9 Å². The summed E-state index contributed by atoms with van der Waals surface area (Å²) in [6, 6.07) is 7.58. The van der Waals surface area contributed by atoms with E-state index < -0.39 is 5.91 Å². The van der Waals surface area contributed by atoms with Crippen LogP contribution in [0.3, 0.4) is 0 Å². The van der Waals surface area contributed by atoms with Gasteiger partial charge >= 0.3 is 0 Å². The van der Waals surface area contributed by atoms with E-state index in [1.807, 2.05) is 13.8 Å². The smallest absolute Gasteiger partial charge is 0.261 e. The first-order chi connectivity index (χ1) is 12.7. The molecule has 3 rings (SSSR count). The number of anilines is 1. The summed E-state index contributed by atoms with van der Waals surface area (Å²) in [5.74, 6) is -0.957. The average Bonchev–Trinajstić information content (AvgIpc) is 2.83. The number of hydrogen-bond acceptors (Lipinski definition) is 4. The number of carbonyl (C=O) groups is 3. The zero-order valence-corrected chi connectivity index (χ0v) is 17.7. The molecule has 2 aromatic carbocycles. The maximum Gasteiger partial charge on any atom is 0.261 e. The average molecular weight is 496 g/mol. The molecule has 2 aromatic rings. The first-order valence-corrected chi connectivity index (χ1v) is 9.77. The van der Waals surface area contributed by atoms with Crippen LogP contribution in [0.25, 0.3) is 0 Å². The van der Waals surface area contributed by atoms with Gasteiger partial charge in [-0.3, -0.25) is 19.3 Å². The maximum absolute atomic E-state index is 12.6. The summed E-state index contributed by atoms with van der Waals surface area (Å²) in [5.41, 5.74) is 1.27. The van der Waals surface area contributed by atoms with Crippen molar-refractivity contribution in [1.29, 1.82) is 0 Å². The van der Waals surface area contributed by atoms with Crippen molar-refractivity contribution < 1.29 is 19.5 Å². The molecule has 1 aliphatic rings. The maximum atomic E-state index is 12.6. The van der Waals surface area contributed by atoms with Crippen LogP contribution < -0.4 is 5.32 Å². The van der Waals surface area contributed by atoms with E-state index in [-0.39, 0.29) is 34.6 Å². The van der Waals surface area contributed by atoms with Crippen LogP contribution in [0.15, 0.2) is 39.3 Å². The largest absolute Gasteiger partial charge is 0.506 e. The number of benzene rings is 2. The number of amides is 3. The Labute approximate surface area is 172 Å². The van der Waals surface area contributed by atoms with Gasteiger partial charge in [-0.15, -0.1) is 0 Å². The summed E-state index contributed by atoms with van der Waals surface area (Å²) in [7, 11) is 0. The van der Waals surface area contributed by atoms with Crippen LogP contribution in [-0.2, 0) is 0 Å². The number of phenols is 1. The van der Waals surface area contributed by atoms with E-state index in [2.05, 4.69) is 37.2 Å². The predicted molar refractivity (Wildman–Crippen MR) is 108 cm³/mol. The normalized spacial score (nSPS) is 13.3. The van der Waals surface area contributed by atoms with Gasteiger partial charge in [-0.25, -0.2) is 0 Å². The standard InChI is InChI=1S/C19H16Br2N2O4/c1-9(2)8-23-18(26)12-4-3-10(5-13(12)19(23)27)17(25)22-11-6-14(20)16(24)15(21)7-11/h3-7,9,24H,8H2,1-2H3,(H,22,25).